The van der Waals surface area contributed by atoms with Crippen LogP contribution in [-0.4, -0.2) is 16.1 Å². The number of nitrogens with two attached hydrogens (primary N) is 1. The smallest absolute Gasteiger partial charge is 0.0948 e. The second-order valence-electron chi connectivity index (χ2n) is 2.79. The van der Waals surface area contributed by atoms with Crippen LogP contribution in [0.3, 0.4) is 0 Å². The summed E-state index contributed by atoms with van der Waals surface area (Å²) in [5.41, 5.74) is 5.41. The van der Waals surface area contributed by atoms with Gasteiger partial charge in [-0.3, -0.25) is 0 Å². The standard InChI is InChI=1S/C8H15N3/c1-8(3-2-4-9)11-6-5-10-7-11/h5-8H,2-4,9H2,1H3. The molecule has 0 saturated heterocycles. The summed E-state index contributed by atoms with van der Waals surface area (Å²) < 4.78 is 2.11. The molecule has 3 heteroatoms. The molecular weight excluding hydrogens is 138 g/mol. The minimum Gasteiger partial charge on any atom is -0.335 e. The lowest BCUT2D eigenvalue weighted by atomic mass is 10.2. The number of nitrogens with zero attached hydrogens (tertiary/aromatic N) is 2. The van der Waals surface area contributed by atoms with Crippen LogP contribution >= 0.6 is 0 Å². The second kappa shape index (κ2) is 4.13. The Morgan fingerprint density at radius 1 is 1.64 bits per heavy atom. The summed E-state index contributed by atoms with van der Waals surface area (Å²) in [6.07, 6.45) is 7.85. The van der Waals surface area contributed by atoms with Crippen LogP contribution in [0.4, 0.5) is 0 Å². The normalized spacial score (nSPS) is 13.3. The van der Waals surface area contributed by atoms with Gasteiger partial charge in [-0.25, -0.2) is 4.98 Å². The maximum absolute atomic E-state index is 5.41. The molecule has 2 N–H and O–H groups in total. The fraction of sp³-hybridized carbons (Fsp3) is 0.625. The third-order valence-electron chi connectivity index (χ3n) is 1.86. The summed E-state index contributed by atoms with van der Waals surface area (Å²) in [5, 5.41) is 0. The van der Waals surface area contributed by atoms with E-state index in [2.05, 4.69) is 16.5 Å². The Kier molecular flexibility index (Phi) is 3.11. The van der Waals surface area contributed by atoms with Gasteiger partial charge in [0.1, 0.15) is 0 Å². The summed E-state index contributed by atoms with van der Waals surface area (Å²) in [4.78, 5) is 3.98. The molecule has 0 aromatic carbocycles. The predicted octanol–water partition coefficient (Wildman–Crippen LogP) is 1.18. The fourth-order valence-corrected chi connectivity index (χ4v) is 1.09. The van der Waals surface area contributed by atoms with Gasteiger partial charge in [0.2, 0.25) is 0 Å². The van der Waals surface area contributed by atoms with Gasteiger partial charge in [-0.1, -0.05) is 0 Å². The quantitative estimate of drug-likeness (QED) is 0.706. The van der Waals surface area contributed by atoms with Crippen LogP contribution in [-0.2, 0) is 0 Å². The fourth-order valence-electron chi connectivity index (χ4n) is 1.09. The lowest BCUT2D eigenvalue weighted by Gasteiger charge is -2.11. The lowest BCUT2D eigenvalue weighted by molar-refractivity contribution is 0.492. The molecule has 0 radical (unpaired) electrons. The molecule has 1 rings (SSSR count). The molecule has 0 bridgehead atoms. The summed E-state index contributed by atoms with van der Waals surface area (Å²) >= 11 is 0. The first-order valence-corrected chi connectivity index (χ1v) is 4.02. The van der Waals surface area contributed by atoms with Crippen molar-refractivity contribution in [2.45, 2.75) is 25.8 Å². The molecule has 1 heterocycles. The molecule has 0 aliphatic carbocycles. The lowest BCUT2D eigenvalue weighted by Crippen LogP contribution is -2.06. The first kappa shape index (κ1) is 8.27. The molecule has 3 nitrogen and oxygen atoms in total. The van der Waals surface area contributed by atoms with E-state index in [1.165, 1.54) is 0 Å². The maximum atomic E-state index is 5.41. The van der Waals surface area contributed by atoms with E-state index in [-0.39, 0.29) is 0 Å². The molecule has 0 fully saturated rings. The van der Waals surface area contributed by atoms with Crippen LogP contribution in [0.5, 0.6) is 0 Å². The third-order valence-corrected chi connectivity index (χ3v) is 1.86. The highest BCUT2D eigenvalue weighted by atomic mass is 15.0. The van der Waals surface area contributed by atoms with Crippen LogP contribution < -0.4 is 5.73 Å². The Bertz CT molecular complexity index is 181. The van der Waals surface area contributed by atoms with Gasteiger partial charge in [-0.15, -0.1) is 0 Å². The molecule has 0 aliphatic heterocycles. The SMILES string of the molecule is CC(CCCN)n1ccnc1. The summed E-state index contributed by atoms with van der Waals surface area (Å²) in [6, 6.07) is 0.529. The van der Waals surface area contributed by atoms with E-state index in [0.29, 0.717) is 6.04 Å². The van der Waals surface area contributed by atoms with Gasteiger partial charge in [0.15, 0.2) is 0 Å². The Labute approximate surface area is 67.2 Å². The molecule has 1 atom stereocenters. The molecule has 0 spiro atoms. The zero-order valence-electron chi connectivity index (χ0n) is 6.90. The molecular formula is C8H15N3. The van der Waals surface area contributed by atoms with Gasteiger partial charge in [-0.05, 0) is 26.3 Å². The topological polar surface area (TPSA) is 43.8 Å². The van der Waals surface area contributed by atoms with Crippen LogP contribution in [0.2, 0.25) is 0 Å². The van der Waals surface area contributed by atoms with E-state index < -0.39 is 0 Å². The van der Waals surface area contributed by atoms with Crippen LogP contribution in [0.1, 0.15) is 25.8 Å². The van der Waals surface area contributed by atoms with Crippen molar-refractivity contribution < 1.29 is 0 Å². The van der Waals surface area contributed by atoms with E-state index in [1.54, 1.807) is 6.20 Å². The van der Waals surface area contributed by atoms with Gasteiger partial charge in [0.05, 0.1) is 6.33 Å². The van der Waals surface area contributed by atoms with E-state index in [4.69, 9.17) is 5.73 Å². The van der Waals surface area contributed by atoms with Gasteiger partial charge >= 0.3 is 0 Å². The van der Waals surface area contributed by atoms with Crippen molar-refractivity contribution in [2.24, 2.45) is 5.73 Å². The first-order chi connectivity index (χ1) is 5.34. The van der Waals surface area contributed by atoms with Gasteiger partial charge in [0, 0.05) is 18.4 Å². The predicted molar refractivity (Wildman–Crippen MR) is 45.2 cm³/mol. The van der Waals surface area contributed by atoms with Crippen LogP contribution in [0, 0.1) is 0 Å². The van der Waals surface area contributed by atoms with Crippen molar-refractivity contribution in [3.63, 3.8) is 0 Å². The Balaban J connectivity index is 2.36. The third kappa shape index (κ3) is 2.35. The van der Waals surface area contributed by atoms with Gasteiger partial charge in [0.25, 0.3) is 0 Å². The van der Waals surface area contributed by atoms with Gasteiger partial charge < -0.3 is 10.3 Å². The molecule has 0 amide bonds. The maximum Gasteiger partial charge on any atom is 0.0948 e. The first-order valence-electron chi connectivity index (χ1n) is 4.02. The zero-order valence-corrected chi connectivity index (χ0v) is 6.90. The summed E-state index contributed by atoms with van der Waals surface area (Å²) in [5.74, 6) is 0. The van der Waals surface area contributed by atoms with Crippen molar-refractivity contribution in [2.75, 3.05) is 6.54 Å². The Morgan fingerprint density at radius 2 is 2.45 bits per heavy atom. The van der Waals surface area contributed by atoms with E-state index >= 15 is 0 Å². The minimum atomic E-state index is 0.529. The molecule has 62 valence electrons. The van der Waals surface area contributed by atoms with Crippen molar-refractivity contribution in [1.82, 2.24) is 9.55 Å². The van der Waals surface area contributed by atoms with Crippen LogP contribution in [0.25, 0.3) is 0 Å². The molecule has 1 aromatic rings. The number of aromatic nitrogens is 2. The second-order valence-corrected chi connectivity index (χ2v) is 2.79. The van der Waals surface area contributed by atoms with Crippen molar-refractivity contribution in [1.29, 1.82) is 0 Å². The minimum absolute atomic E-state index is 0.529. The van der Waals surface area contributed by atoms with Crippen LogP contribution in [0.15, 0.2) is 18.7 Å². The number of hydrogen-bond donors (Lipinski definition) is 1. The summed E-state index contributed by atoms with van der Waals surface area (Å²) in [6.45, 7) is 2.95. The van der Waals surface area contributed by atoms with E-state index in [9.17, 15) is 0 Å². The van der Waals surface area contributed by atoms with Crippen molar-refractivity contribution in [3.8, 4) is 0 Å². The van der Waals surface area contributed by atoms with Gasteiger partial charge in [-0.2, -0.15) is 0 Å². The molecule has 0 aliphatic rings. The highest BCUT2D eigenvalue weighted by Gasteiger charge is 2.00. The van der Waals surface area contributed by atoms with E-state index in [1.807, 2.05) is 12.5 Å². The highest BCUT2D eigenvalue weighted by molar-refractivity contribution is 4.78. The van der Waals surface area contributed by atoms with Crippen molar-refractivity contribution >= 4 is 0 Å². The zero-order chi connectivity index (χ0) is 8.10. The summed E-state index contributed by atoms with van der Waals surface area (Å²) in [7, 11) is 0. The number of hydrogen-bond acceptors (Lipinski definition) is 2. The van der Waals surface area contributed by atoms with Crippen molar-refractivity contribution in [3.05, 3.63) is 18.7 Å². The number of imidazole rings is 1. The largest absolute Gasteiger partial charge is 0.335 e. The highest BCUT2D eigenvalue weighted by Crippen LogP contribution is 2.10. The Hall–Kier alpha value is -0.830. The van der Waals surface area contributed by atoms with E-state index in [0.717, 1.165) is 19.4 Å². The Morgan fingerprint density at radius 3 is 3.00 bits per heavy atom. The number of rotatable bonds is 4. The average Bonchev–Trinajstić information content (AvgIpc) is 2.52. The molecule has 0 saturated carbocycles. The monoisotopic (exact) mass is 153 g/mol. The average molecular weight is 153 g/mol. The molecule has 11 heavy (non-hydrogen) atoms. The molecule has 1 unspecified atom stereocenters. The molecule has 1 aromatic heterocycles.